The predicted octanol–water partition coefficient (Wildman–Crippen LogP) is 4.16. The van der Waals surface area contributed by atoms with Gasteiger partial charge in [-0.2, -0.15) is 0 Å². The molecule has 10 nitrogen and oxygen atoms in total. The van der Waals surface area contributed by atoms with Crippen LogP contribution in [-0.2, 0) is 9.53 Å². The average Bonchev–Trinajstić information content (AvgIpc) is 3.34. The molecule has 0 radical (unpaired) electrons. The lowest BCUT2D eigenvalue weighted by molar-refractivity contribution is -0.125. The Kier molecular flexibility index (Phi) is 5.95. The molecule has 0 aliphatic carbocycles. The molecule has 166 valence electrons. The Bertz CT molecular complexity index is 1210. The van der Waals surface area contributed by atoms with E-state index in [1.807, 2.05) is 0 Å². The normalized spacial score (nSPS) is 13.6. The van der Waals surface area contributed by atoms with E-state index in [4.69, 9.17) is 16.3 Å². The zero-order valence-corrected chi connectivity index (χ0v) is 18.2. The van der Waals surface area contributed by atoms with Gasteiger partial charge in [0.05, 0.1) is 28.7 Å². The lowest BCUT2D eigenvalue weighted by Crippen LogP contribution is -2.35. The third kappa shape index (κ3) is 4.65. The van der Waals surface area contributed by atoms with E-state index in [9.17, 15) is 14.4 Å². The Hall–Kier alpha value is -3.66. The van der Waals surface area contributed by atoms with Gasteiger partial charge in [0.1, 0.15) is 0 Å². The summed E-state index contributed by atoms with van der Waals surface area (Å²) in [7, 11) is 0. The van der Waals surface area contributed by atoms with Crippen molar-refractivity contribution in [2.75, 3.05) is 17.2 Å². The van der Waals surface area contributed by atoms with Crippen molar-refractivity contribution < 1.29 is 19.1 Å². The molecule has 1 aliphatic heterocycles. The Morgan fingerprint density at radius 3 is 2.72 bits per heavy atom. The van der Waals surface area contributed by atoms with E-state index < -0.39 is 12.1 Å². The van der Waals surface area contributed by atoms with Crippen LogP contribution in [0.4, 0.5) is 21.0 Å². The molecule has 0 unspecified atom stereocenters. The van der Waals surface area contributed by atoms with E-state index in [1.165, 1.54) is 11.1 Å². The molecule has 3 heterocycles. The summed E-state index contributed by atoms with van der Waals surface area (Å²) in [5, 5.41) is 5.77. The summed E-state index contributed by atoms with van der Waals surface area (Å²) in [4.78, 5) is 45.9. The molecule has 3 aromatic rings. The van der Waals surface area contributed by atoms with Crippen molar-refractivity contribution >= 4 is 46.8 Å². The SMILES string of the molecule is CC(C)OC(=O)Nc1cnc2nc(-c3cc(NC(=O)N4CCCC4=O)ccc3Cl)cn2c1. The summed E-state index contributed by atoms with van der Waals surface area (Å²) in [6, 6.07) is 4.51. The fraction of sp³-hybridized carbons (Fsp3) is 0.286. The van der Waals surface area contributed by atoms with Gasteiger partial charge in [-0.25, -0.2) is 19.6 Å². The highest BCUT2D eigenvalue weighted by Crippen LogP contribution is 2.30. The minimum Gasteiger partial charge on any atom is -0.447 e. The second kappa shape index (κ2) is 8.83. The number of imide groups is 1. The summed E-state index contributed by atoms with van der Waals surface area (Å²) in [5.41, 5.74) is 2.03. The number of carbonyl (C=O) groups is 3. The number of anilines is 2. The number of nitrogens with zero attached hydrogens (tertiary/aromatic N) is 4. The van der Waals surface area contributed by atoms with Gasteiger partial charge in [0, 0.05) is 36.6 Å². The molecule has 0 atom stereocenters. The first-order valence-corrected chi connectivity index (χ1v) is 10.4. The first kappa shape index (κ1) is 21.6. The minimum atomic E-state index is -0.579. The second-order valence-corrected chi connectivity index (χ2v) is 7.94. The zero-order chi connectivity index (χ0) is 22.8. The van der Waals surface area contributed by atoms with Crippen LogP contribution in [-0.4, -0.2) is 49.9 Å². The minimum absolute atomic E-state index is 0.190. The van der Waals surface area contributed by atoms with Crippen LogP contribution in [0.5, 0.6) is 0 Å². The number of rotatable bonds is 4. The molecule has 4 rings (SSSR count). The monoisotopic (exact) mass is 456 g/mol. The molecule has 32 heavy (non-hydrogen) atoms. The first-order valence-electron chi connectivity index (χ1n) is 10.0. The summed E-state index contributed by atoms with van der Waals surface area (Å²) < 4.78 is 6.71. The number of benzene rings is 1. The number of likely N-dealkylation sites (tertiary alicyclic amines) is 1. The molecule has 0 saturated carbocycles. The van der Waals surface area contributed by atoms with Gasteiger partial charge in [0.25, 0.3) is 0 Å². The number of fused-ring (bicyclic) bond motifs is 1. The van der Waals surface area contributed by atoms with Crippen molar-refractivity contribution in [3.8, 4) is 11.3 Å². The Morgan fingerprint density at radius 1 is 1.19 bits per heavy atom. The fourth-order valence-corrected chi connectivity index (χ4v) is 3.51. The lowest BCUT2D eigenvalue weighted by atomic mass is 10.1. The van der Waals surface area contributed by atoms with Gasteiger partial charge in [0.2, 0.25) is 11.7 Å². The smallest absolute Gasteiger partial charge is 0.411 e. The van der Waals surface area contributed by atoms with Gasteiger partial charge in [-0.1, -0.05) is 11.6 Å². The quantitative estimate of drug-likeness (QED) is 0.608. The number of imidazole rings is 1. The molecule has 2 N–H and O–H groups in total. The second-order valence-electron chi connectivity index (χ2n) is 7.53. The molecular formula is C21H21ClN6O4. The molecule has 1 fully saturated rings. The molecule has 1 aromatic carbocycles. The number of ether oxygens (including phenoxy) is 1. The van der Waals surface area contributed by atoms with Crippen LogP contribution in [0.15, 0.2) is 36.8 Å². The maximum Gasteiger partial charge on any atom is 0.411 e. The van der Waals surface area contributed by atoms with Crippen LogP contribution in [0.3, 0.4) is 0 Å². The van der Waals surface area contributed by atoms with E-state index >= 15 is 0 Å². The van der Waals surface area contributed by atoms with E-state index in [0.717, 1.165) is 0 Å². The number of nitrogens with one attached hydrogen (secondary N) is 2. The highest BCUT2D eigenvalue weighted by molar-refractivity contribution is 6.33. The standard InChI is InChI=1S/C21H21ClN6O4/c1-12(2)32-21(31)25-14-9-23-19-26-17(11-27(19)10-14)15-8-13(5-6-16(15)22)24-20(30)28-7-3-4-18(28)29/h5-6,8-12H,3-4,7H2,1-2H3,(H,24,30)(H,25,31). The summed E-state index contributed by atoms with van der Waals surface area (Å²) >= 11 is 6.37. The summed E-state index contributed by atoms with van der Waals surface area (Å²) in [6.07, 6.45) is 5.04. The number of hydrogen-bond donors (Lipinski definition) is 2. The van der Waals surface area contributed by atoms with Crippen LogP contribution in [0.2, 0.25) is 5.02 Å². The van der Waals surface area contributed by atoms with E-state index in [2.05, 4.69) is 20.6 Å². The summed E-state index contributed by atoms with van der Waals surface area (Å²) in [6.45, 7) is 3.92. The van der Waals surface area contributed by atoms with E-state index in [1.54, 1.807) is 48.8 Å². The number of carbonyl (C=O) groups excluding carboxylic acids is 3. The van der Waals surface area contributed by atoms with Crippen molar-refractivity contribution in [3.63, 3.8) is 0 Å². The van der Waals surface area contributed by atoms with Gasteiger partial charge in [0.15, 0.2) is 0 Å². The van der Waals surface area contributed by atoms with Crippen molar-refractivity contribution in [2.24, 2.45) is 0 Å². The lowest BCUT2D eigenvalue weighted by Gasteiger charge is -2.15. The van der Waals surface area contributed by atoms with Crippen molar-refractivity contribution in [1.82, 2.24) is 19.3 Å². The molecule has 1 saturated heterocycles. The highest BCUT2D eigenvalue weighted by Gasteiger charge is 2.26. The largest absolute Gasteiger partial charge is 0.447 e. The first-order chi connectivity index (χ1) is 15.3. The van der Waals surface area contributed by atoms with Crippen LogP contribution in [0.25, 0.3) is 17.0 Å². The molecule has 11 heteroatoms. The van der Waals surface area contributed by atoms with Crippen LogP contribution >= 0.6 is 11.6 Å². The average molecular weight is 457 g/mol. The van der Waals surface area contributed by atoms with Crippen LogP contribution in [0.1, 0.15) is 26.7 Å². The van der Waals surface area contributed by atoms with Crippen LogP contribution < -0.4 is 10.6 Å². The molecule has 2 aromatic heterocycles. The maximum absolute atomic E-state index is 12.4. The number of halogens is 1. The van der Waals surface area contributed by atoms with Gasteiger partial charge in [-0.15, -0.1) is 0 Å². The maximum atomic E-state index is 12.4. The fourth-order valence-electron chi connectivity index (χ4n) is 3.29. The predicted molar refractivity (Wildman–Crippen MR) is 119 cm³/mol. The zero-order valence-electron chi connectivity index (χ0n) is 17.5. The number of urea groups is 1. The molecule has 0 bridgehead atoms. The van der Waals surface area contributed by atoms with Gasteiger partial charge in [-0.3, -0.25) is 19.4 Å². The van der Waals surface area contributed by atoms with Gasteiger partial charge < -0.3 is 10.1 Å². The third-order valence-corrected chi connectivity index (χ3v) is 5.04. The van der Waals surface area contributed by atoms with E-state index in [0.29, 0.717) is 52.8 Å². The summed E-state index contributed by atoms with van der Waals surface area (Å²) in [5.74, 6) is 0.209. The molecular weight excluding hydrogens is 436 g/mol. The van der Waals surface area contributed by atoms with Crippen LogP contribution in [0, 0.1) is 0 Å². The van der Waals surface area contributed by atoms with Gasteiger partial charge >= 0.3 is 12.1 Å². The number of aromatic nitrogens is 3. The van der Waals surface area contributed by atoms with Gasteiger partial charge in [-0.05, 0) is 38.5 Å². The third-order valence-electron chi connectivity index (χ3n) is 4.71. The molecule has 0 spiro atoms. The number of amides is 4. The Labute approximate surface area is 188 Å². The van der Waals surface area contributed by atoms with Crippen molar-refractivity contribution in [2.45, 2.75) is 32.8 Å². The Balaban J connectivity index is 1.56. The Morgan fingerprint density at radius 2 is 2.00 bits per heavy atom. The molecule has 4 amide bonds. The van der Waals surface area contributed by atoms with E-state index in [-0.39, 0.29) is 12.0 Å². The van der Waals surface area contributed by atoms with Crippen molar-refractivity contribution in [3.05, 3.63) is 41.8 Å². The molecule has 1 aliphatic rings. The number of hydrogen-bond acceptors (Lipinski definition) is 6. The van der Waals surface area contributed by atoms with Crippen molar-refractivity contribution in [1.29, 1.82) is 0 Å². The highest BCUT2D eigenvalue weighted by atomic mass is 35.5. The topological polar surface area (TPSA) is 118 Å².